The molecule has 5 nitrogen and oxygen atoms in total. The number of aromatic amines is 1. The lowest BCUT2D eigenvalue weighted by molar-refractivity contribution is 1.03. The molecule has 0 atom stereocenters. The minimum atomic E-state index is -0.352. The number of aryl methyl sites for hydroxylation is 1. The summed E-state index contributed by atoms with van der Waals surface area (Å²) in [5.41, 5.74) is 0.626. The molecule has 2 rings (SSSR count). The van der Waals surface area contributed by atoms with Gasteiger partial charge in [0.2, 0.25) is 0 Å². The number of halogens is 1. The Labute approximate surface area is 101 Å². The first-order valence-electron chi connectivity index (χ1n) is 4.55. The predicted octanol–water partition coefficient (Wildman–Crippen LogP) is 1.80. The molecular weight excluding hydrogens is 248 g/mol. The largest absolute Gasteiger partial charge is 0.362 e. The molecule has 0 aliphatic carbocycles. The van der Waals surface area contributed by atoms with Gasteiger partial charge in [-0.25, -0.2) is 9.97 Å². The second-order valence-electron chi connectivity index (χ2n) is 3.13. The molecule has 7 heteroatoms. The van der Waals surface area contributed by atoms with E-state index in [2.05, 4.69) is 20.3 Å². The molecule has 0 saturated carbocycles. The van der Waals surface area contributed by atoms with Gasteiger partial charge in [-0.15, -0.1) is 11.3 Å². The average molecular weight is 257 g/mol. The standard InChI is InChI=1S/C9H9ClN4OS/c1-5-3-16-6(14-5)2-11-8-7(10)9(15)13-4-12-8/h3-4H,2H2,1H3,(H2,11,12,13,15). The van der Waals surface area contributed by atoms with Crippen molar-refractivity contribution in [3.63, 3.8) is 0 Å². The summed E-state index contributed by atoms with van der Waals surface area (Å²) in [6.45, 7) is 2.44. The zero-order chi connectivity index (χ0) is 11.5. The summed E-state index contributed by atoms with van der Waals surface area (Å²) in [6.07, 6.45) is 1.31. The average Bonchev–Trinajstić information content (AvgIpc) is 2.67. The van der Waals surface area contributed by atoms with Crippen molar-refractivity contribution < 1.29 is 0 Å². The van der Waals surface area contributed by atoms with Crippen LogP contribution in [0.5, 0.6) is 0 Å². The number of rotatable bonds is 3. The van der Waals surface area contributed by atoms with Gasteiger partial charge in [-0.3, -0.25) is 4.79 Å². The molecule has 84 valence electrons. The van der Waals surface area contributed by atoms with Gasteiger partial charge < -0.3 is 10.3 Å². The molecule has 2 aromatic rings. The first-order chi connectivity index (χ1) is 7.66. The zero-order valence-electron chi connectivity index (χ0n) is 8.45. The van der Waals surface area contributed by atoms with Crippen molar-refractivity contribution in [2.24, 2.45) is 0 Å². The van der Waals surface area contributed by atoms with Gasteiger partial charge >= 0.3 is 0 Å². The molecule has 0 amide bonds. The normalized spacial score (nSPS) is 10.4. The number of anilines is 1. The van der Waals surface area contributed by atoms with Gasteiger partial charge in [-0.05, 0) is 6.92 Å². The maximum Gasteiger partial charge on any atom is 0.271 e. The highest BCUT2D eigenvalue weighted by Crippen LogP contribution is 2.15. The number of thiazole rings is 1. The van der Waals surface area contributed by atoms with E-state index in [0.717, 1.165) is 10.7 Å². The Morgan fingerprint density at radius 2 is 2.44 bits per heavy atom. The minimum Gasteiger partial charge on any atom is -0.362 e. The van der Waals surface area contributed by atoms with Crippen LogP contribution in [0.4, 0.5) is 5.82 Å². The van der Waals surface area contributed by atoms with E-state index in [-0.39, 0.29) is 10.6 Å². The fourth-order valence-corrected chi connectivity index (χ4v) is 2.03. The molecule has 0 radical (unpaired) electrons. The highest BCUT2D eigenvalue weighted by molar-refractivity contribution is 7.09. The van der Waals surface area contributed by atoms with Gasteiger partial charge in [0, 0.05) is 11.1 Å². The third-order valence-corrected chi connectivity index (χ3v) is 3.19. The molecule has 0 aliphatic heterocycles. The lowest BCUT2D eigenvalue weighted by atomic mass is 10.5. The third kappa shape index (κ3) is 2.40. The third-order valence-electron chi connectivity index (χ3n) is 1.87. The number of H-pyrrole nitrogens is 1. The van der Waals surface area contributed by atoms with Gasteiger partial charge in [-0.1, -0.05) is 11.6 Å². The van der Waals surface area contributed by atoms with Crippen molar-refractivity contribution in [3.8, 4) is 0 Å². The van der Waals surface area contributed by atoms with Gasteiger partial charge in [0.25, 0.3) is 5.56 Å². The second-order valence-corrected chi connectivity index (χ2v) is 4.45. The van der Waals surface area contributed by atoms with E-state index in [1.165, 1.54) is 6.33 Å². The summed E-state index contributed by atoms with van der Waals surface area (Å²) in [4.78, 5) is 21.8. The van der Waals surface area contributed by atoms with Crippen LogP contribution in [0.2, 0.25) is 5.02 Å². The summed E-state index contributed by atoms with van der Waals surface area (Å²) in [6, 6.07) is 0. The van der Waals surface area contributed by atoms with E-state index in [1.54, 1.807) is 11.3 Å². The Morgan fingerprint density at radius 3 is 3.12 bits per heavy atom. The quantitative estimate of drug-likeness (QED) is 0.879. The molecule has 0 spiro atoms. The van der Waals surface area contributed by atoms with Crippen molar-refractivity contribution in [2.75, 3.05) is 5.32 Å². The molecule has 0 aliphatic rings. The lowest BCUT2D eigenvalue weighted by Crippen LogP contribution is -2.11. The second kappa shape index (κ2) is 4.63. The van der Waals surface area contributed by atoms with Crippen LogP contribution in [0.1, 0.15) is 10.7 Å². The molecule has 0 unspecified atom stereocenters. The van der Waals surface area contributed by atoms with Crippen LogP contribution in [0.15, 0.2) is 16.5 Å². The van der Waals surface area contributed by atoms with E-state index in [0.29, 0.717) is 12.4 Å². The lowest BCUT2D eigenvalue weighted by Gasteiger charge is -2.03. The van der Waals surface area contributed by atoms with Crippen LogP contribution in [0.25, 0.3) is 0 Å². The molecule has 2 aromatic heterocycles. The maximum atomic E-state index is 11.2. The fraction of sp³-hybridized carbons (Fsp3) is 0.222. The Balaban J connectivity index is 2.10. The molecular formula is C9H9ClN4OS. The molecule has 0 aromatic carbocycles. The molecule has 16 heavy (non-hydrogen) atoms. The minimum absolute atomic E-state index is 0.0655. The van der Waals surface area contributed by atoms with Crippen molar-refractivity contribution >= 4 is 28.8 Å². The number of nitrogens with one attached hydrogen (secondary N) is 2. The molecule has 0 fully saturated rings. The van der Waals surface area contributed by atoms with Gasteiger partial charge in [0.1, 0.15) is 10.0 Å². The molecule has 0 saturated heterocycles. The van der Waals surface area contributed by atoms with E-state index >= 15 is 0 Å². The Kier molecular flexibility index (Phi) is 3.21. The first kappa shape index (κ1) is 11.1. The van der Waals surface area contributed by atoms with Crippen LogP contribution in [-0.4, -0.2) is 15.0 Å². The number of nitrogens with zero attached hydrogens (tertiary/aromatic N) is 2. The summed E-state index contributed by atoms with van der Waals surface area (Å²) in [7, 11) is 0. The molecule has 0 bridgehead atoms. The smallest absolute Gasteiger partial charge is 0.271 e. The number of hydrogen-bond acceptors (Lipinski definition) is 5. The Bertz CT molecular complexity index is 550. The summed E-state index contributed by atoms with van der Waals surface area (Å²) >= 11 is 7.33. The van der Waals surface area contributed by atoms with Gasteiger partial charge in [0.05, 0.1) is 12.9 Å². The zero-order valence-corrected chi connectivity index (χ0v) is 10.0. The summed E-state index contributed by atoms with van der Waals surface area (Å²) < 4.78 is 0. The Morgan fingerprint density at radius 1 is 1.62 bits per heavy atom. The predicted molar refractivity (Wildman–Crippen MR) is 64.0 cm³/mol. The summed E-state index contributed by atoms with van der Waals surface area (Å²) in [5.74, 6) is 0.373. The molecule has 2 heterocycles. The van der Waals surface area contributed by atoms with Crippen molar-refractivity contribution in [2.45, 2.75) is 13.5 Å². The van der Waals surface area contributed by atoms with Gasteiger partial charge in [-0.2, -0.15) is 0 Å². The topological polar surface area (TPSA) is 70.7 Å². The maximum absolute atomic E-state index is 11.2. The number of aromatic nitrogens is 3. The van der Waals surface area contributed by atoms with Crippen LogP contribution in [0, 0.1) is 6.92 Å². The van der Waals surface area contributed by atoms with E-state index in [9.17, 15) is 4.79 Å². The van der Waals surface area contributed by atoms with Crippen LogP contribution < -0.4 is 10.9 Å². The highest BCUT2D eigenvalue weighted by Gasteiger charge is 2.06. The van der Waals surface area contributed by atoms with E-state index in [4.69, 9.17) is 11.6 Å². The number of hydrogen-bond donors (Lipinski definition) is 2. The van der Waals surface area contributed by atoms with Crippen LogP contribution in [0.3, 0.4) is 0 Å². The molecule has 2 N–H and O–H groups in total. The van der Waals surface area contributed by atoms with E-state index in [1.807, 2.05) is 12.3 Å². The van der Waals surface area contributed by atoms with Gasteiger partial charge in [0.15, 0.2) is 5.82 Å². The van der Waals surface area contributed by atoms with E-state index < -0.39 is 0 Å². The van der Waals surface area contributed by atoms with Crippen molar-refractivity contribution in [1.82, 2.24) is 15.0 Å². The van der Waals surface area contributed by atoms with Crippen LogP contribution in [-0.2, 0) is 6.54 Å². The monoisotopic (exact) mass is 256 g/mol. The summed E-state index contributed by atoms with van der Waals surface area (Å²) in [5, 5.41) is 5.92. The fourth-order valence-electron chi connectivity index (χ4n) is 1.15. The van der Waals surface area contributed by atoms with Crippen molar-refractivity contribution in [3.05, 3.63) is 37.8 Å². The van der Waals surface area contributed by atoms with Crippen LogP contribution >= 0.6 is 22.9 Å². The Hall–Kier alpha value is -1.40. The first-order valence-corrected chi connectivity index (χ1v) is 5.80. The SMILES string of the molecule is Cc1csc(CNc2nc[nH]c(=O)c2Cl)n1. The van der Waals surface area contributed by atoms with Crippen molar-refractivity contribution in [1.29, 1.82) is 0 Å². The highest BCUT2D eigenvalue weighted by atomic mass is 35.5.